The zero-order valence-electron chi connectivity index (χ0n) is 11.3. The Kier molecular flexibility index (Phi) is 4.83. The Balaban J connectivity index is 2.09. The Bertz CT molecular complexity index is 667. The zero-order chi connectivity index (χ0) is 16.0. The topological polar surface area (TPSA) is 38.3 Å². The van der Waals surface area contributed by atoms with Gasteiger partial charge in [0.05, 0.1) is 5.69 Å². The van der Waals surface area contributed by atoms with E-state index < -0.39 is 12.0 Å². The largest absolute Gasteiger partial charge is 0.455 e. The van der Waals surface area contributed by atoms with E-state index in [1.807, 2.05) is 6.07 Å². The Morgan fingerprint density at radius 3 is 2.32 bits per heavy atom. The zero-order valence-corrected chi connectivity index (χ0v) is 11.3. The maximum atomic E-state index is 12.1. The molecule has 0 heterocycles. The van der Waals surface area contributed by atoms with Gasteiger partial charge in [-0.3, -0.25) is 4.79 Å². The molecule has 3 nitrogen and oxygen atoms in total. The fraction of sp³-hybridized carbons (Fsp3) is 0.0625. The molecule has 0 unspecified atom stereocenters. The summed E-state index contributed by atoms with van der Waals surface area (Å²) in [4.78, 5) is 10.7. The number of halogens is 3. The van der Waals surface area contributed by atoms with Crippen LogP contribution in [-0.4, -0.2) is 12.0 Å². The second-order valence-corrected chi connectivity index (χ2v) is 4.25. The summed E-state index contributed by atoms with van der Waals surface area (Å²) in [6.07, 6.45) is -3.51. The van der Waals surface area contributed by atoms with Crippen LogP contribution in [0.5, 0.6) is 11.5 Å². The third-order valence-corrected chi connectivity index (χ3v) is 2.61. The first-order valence-electron chi connectivity index (χ1n) is 6.33. The highest BCUT2D eigenvalue weighted by atomic mass is 19.4. The maximum Gasteiger partial charge on any atom is 0.454 e. The monoisotopic (exact) mass is 307 g/mol. The van der Waals surface area contributed by atoms with Crippen LogP contribution < -0.4 is 10.1 Å². The first-order chi connectivity index (χ1) is 10.5. The van der Waals surface area contributed by atoms with E-state index in [4.69, 9.17) is 4.74 Å². The summed E-state index contributed by atoms with van der Waals surface area (Å²) >= 11 is 0. The van der Waals surface area contributed by atoms with E-state index in [-0.39, 0.29) is 0 Å². The van der Waals surface area contributed by atoms with Gasteiger partial charge in [0.2, 0.25) is 0 Å². The number of anilines is 1. The number of ether oxygens (including phenoxy) is 1. The fourth-order valence-corrected chi connectivity index (χ4v) is 1.59. The van der Waals surface area contributed by atoms with Crippen molar-refractivity contribution in [2.45, 2.75) is 6.18 Å². The highest BCUT2D eigenvalue weighted by molar-refractivity contribution is 5.94. The van der Waals surface area contributed by atoms with Gasteiger partial charge < -0.3 is 10.1 Å². The lowest BCUT2D eigenvalue weighted by Gasteiger charge is -2.10. The van der Waals surface area contributed by atoms with E-state index in [0.29, 0.717) is 23.3 Å². The molecule has 0 aliphatic heterocycles. The van der Waals surface area contributed by atoms with E-state index in [9.17, 15) is 18.0 Å². The van der Waals surface area contributed by atoms with Crippen molar-refractivity contribution in [1.82, 2.24) is 0 Å². The molecule has 2 rings (SSSR count). The van der Waals surface area contributed by atoms with E-state index in [0.717, 1.165) is 6.20 Å². The van der Waals surface area contributed by atoms with Crippen molar-refractivity contribution in [3.8, 4) is 11.5 Å². The number of ketones is 1. The fourth-order valence-electron chi connectivity index (χ4n) is 1.59. The summed E-state index contributed by atoms with van der Waals surface area (Å²) in [7, 11) is 0. The molecule has 6 heteroatoms. The number of benzene rings is 2. The van der Waals surface area contributed by atoms with Gasteiger partial charge in [0, 0.05) is 12.3 Å². The first-order valence-corrected chi connectivity index (χ1v) is 6.33. The van der Waals surface area contributed by atoms with Gasteiger partial charge in [-0.1, -0.05) is 30.3 Å². The number of hydrogen-bond donors (Lipinski definition) is 1. The number of nitrogens with one attached hydrogen (secondary N) is 1. The number of carbonyl (C=O) groups is 1. The second-order valence-electron chi connectivity index (χ2n) is 4.25. The van der Waals surface area contributed by atoms with Gasteiger partial charge in [0.25, 0.3) is 5.78 Å². The minimum atomic E-state index is -4.88. The van der Waals surface area contributed by atoms with E-state index in [1.54, 1.807) is 48.5 Å². The molecule has 0 bridgehead atoms. The van der Waals surface area contributed by atoms with Crippen LogP contribution in [0.3, 0.4) is 0 Å². The summed E-state index contributed by atoms with van der Waals surface area (Å²) in [5, 5.41) is 2.61. The van der Waals surface area contributed by atoms with E-state index in [2.05, 4.69) is 5.32 Å². The van der Waals surface area contributed by atoms with Crippen LogP contribution in [0.15, 0.2) is 66.9 Å². The van der Waals surface area contributed by atoms with Crippen LogP contribution in [0.2, 0.25) is 0 Å². The Morgan fingerprint density at radius 1 is 1.00 bits per heavy atom. The Morgan fingerprint density at radius 2 is 1.64 bits per heavy atom. The highest BCUT2D eigenvalue weighted by Gasteiger charge is 2.36. The number of allylic oxidation sites excluding steroid dienone is 1. The average molecular weight is 307 g/mol. The van der Waals surface area contributed by atoms with Crippen LogP contribution in [-0.2, 0) is 4.79 Å². The Hall–Kier alpha value is -2.76. The normalized spacial score (nSPS) is 11.4. The van der Waals surface area contributed by atoms with Crippen molar-refractivity contribution < 1.29 is 22.7 Å². The molecule has 0 spiro atoms. The van der Waals surface area contributed by atoms with Gasteiger partial charge in [-0.2, -0.15) is 13.2 Å². The summed E-state index contributed by atoms with van der Waals surface area (Å²) < 4.78 is 41.9. The number of para-hydroxylation sites is 3. The standard InChI is InChI=1S/C16H12F3NO2/c17-16(18,19)15(21)10-11-20-13-8-4-5-9-14(13)22-12-6-2-1-3-7-12/h1-11,20H. The number of rotatable bonds is 5. The first kappa shape index (κ1) is 15.6. The lowest BCUT2D eigenvalue weighted by atomic mass is 10.3. The van der Waals surface area contributed by atoms with Crippen molar-refractivity contribution in [1.29, 1.82) is 0 Å². The van der Waals surface area contributed by atoms with Crippen molar-refractivity contribution in [3.63, 3.8) is 0 Å². The van der Waals surface area contributed by atoms with Gasteiger partial charge in [0.1, 0.15) is 5.75 Å². The van der Waals surface area contributed by atoms with Gasteiger partial charge in [0.15, 0.2) is 5.75 Å². The third-order valence-electron chi connectivity index (χ3n) is 2.61. The third kappa shape index (κ3) is 4.37. The average Bonchev–Trinajstić information content (AvgIpc) is 2.49. The van der Waals surface area contributed by atoms with Crippen LogP contribution in [0.1, 0.15) is 0 Å². The highest BCUT2D eigenvalue weighted by Crippen LogP contribution is 2.29. The maximum absolute atomic E-state index is 12.1. The summed E-state index contributed by atoms with van der Waals surface area (Å²) in [5.74, 6) is -0.911. The number of carbonyl (C=O) groups excluding carboxylic acids is 1. The van der Waals surface area contributed by atoms with Crippen molar-refractivity contribution >= 4 is 11.5 Å². The molecule has 0 aliphatic carbocycles. The molecule has 114 valence electrons. The summed E-state index contributed by atoms with van der Waals surface area (Å²) in [6.45, 7) is 0. The molecule has 0 saturated carbocycles. The lowest BCUT2D eigenvalue weighted by Crippen LogP contribution is -2.20. The van der Waals surface area contributed by atoms with Crippen molar-refractivity contribution in [3.05, 3.63) is 66.9 Å². The molecular weight excluding hydrogens is 295 g/mol. The Labute approximate surface area is 125 Å². The SMILES string of the molecule is O=C(C=CNc1ccccc1Oc1ccccc1)C(F)(F)F. The van der Waals surface area contributed by atoms with E-state index >= 15 is 0 Å². The second kappa shape index (κ2) is 6.80. The predicted octanol–water partition coefficient (Wildman–Crippen LogP) is 4.54. The van der Waals surface area contributed by atoms with Crippen LogP contribution in [0.25, 0.3) is 0 Å². The van der Waals surface area contributed by atoms with E-state index in [1.165, 1.54) is 0 Å². The van der Waals surface area contributed by atoms with Crippen molar-refractivity contribution in [2.24, 2.45) is 0 Å². The molecule has 2 aromatic rings. The van der Waals surface area contributed by atoms with Crippen molar-refractivity contribution in [2.75, 3.05) is 5.32 Å². The molecular formula is C16H12F3NO2. The molecule has 0 amide bonds. The molecule has 0 saturated heterocycles. The lowest BCUT2D eigenvalue weighted by molar-refractivity contribution is -0.165. The number of alkyl halides is 3. The molecule has 1 N–H and O–H groups in total. The predicted molar refractivity (Wildman–Crippen MR) is 76.8 cm³/mol. The molecule has 2 aromatic carbocycles. The van der Waals surface area contributed by atoms with Crippen LogP contribution in [0.4, 0.5) is 18.9 Å². The van der Waals surface area contributed by atoms with Gasteiger partial charge in [-0.15, -0.1) is 0 Å². The quantitative estimate of drug-likeness (QED) is 0.824. The molecule has 22 heavy (non-hydrogen) atoms. The summed E-state index contributed by atoms with van der Waals surface area (Å²) in [6, 6.07) is 15.6. The van der Waals surface area contributed by atoms with Gasteiger partial charge >= 0.3 is 6.18 Å². The molecule has 0 radical (unpaired) electrons. The smallest absolute Gasteiger partial charge is 0.454 e. The van der Waals surface area contributed by atoms with Gasteiger partial charge in [-0.05, 0) is 24.3 Å². The minimum Gasteiger partial charge on any atom is -0.455 e. The summed E-state index contributed by atoms with van der Waals surface area (Å²) in [5.41, 5.74) is 0.442. The minimum absolute atomic E-state index is 0.429. The molecule has 0 aromatic heterocycles. The molecule has 0 fully saturated rings. The van der Waals surface area contributed by atoms with Crippen LogP contribution >= 0.6 is 0 Å². The molecule has 0 aliphatic rings. The number of hydrogen-bond acceptors (Lipinski definition) is 3. The van der Waals surface area contributed by atoms with Crippen LogP contribution in [0, 0.1) is 0 Å². The van der Waals surface area contributed by atoms with Gasteiger partial charge in [-0.25, -0.2) is 0 Å². The molecule has 0 atom stereocenters.